The second-order valence-corrected chi connectivity index (χ2v) is 6.65. The summed E-state index contributed by atoms with van der Waals surface area (Å²) >= 11 is 7.77. The molecular weight excluding hydrogens is 238 g/mol. The number of nitrogens with one attached hydrogen (secondary N) is 1. The molecule has 1 fully saturated rings. The van der Waals surface area contributed by atoms with Gasteiger partial charge in [0, 0.05) is 16.8 Å². The molecule has 3 atom stereocenters. The Bertz CT molecular complexity index is 363. The van der Waals surface area contributed by atoms with Crippen LogP contribution in [0.25, 0.3) is 0 Å². The van der Waals surface area contributed by atoms with Crippen molar-refractivity contribution in [2.75, 3.05) is 6.54 Å². The van der Waals surface area contributed by atoms with E-state index in [1.165, 1.54) is 17.7 Å². The largest absolute Gasteiger partial charge is 0.314 e. The van der Waals surface area contributed by atoms with Gasteiger partial charge in [-0.2, -0.15) is 0 Å². The number of halogens is 1. The van der Waals surface area contributed by atoms with Crippen molar-refractivity contribution < 1.29 is 0 Å². The maximum absolute atomic E-state index is 6.02. The molecule has 1 nitrogen and oxygen atoms in total. The lowest BCUT2D eigenvalue weighted by Gasteiger charge is -2.54. The predicted molar refractivity (Wildman–Crippen MR) is 72.5 cm³/mol. The molecule has 90 valence electrons. The van der Waals surface area contributed by atoms with E-state index in [9.17, 15) is 0 Å². The topological polar surface area (TPSA) is 12.0 Å². The quantitative estimate of drug-likeness (QED) is 0.849. The molecule has 1 heterocycles. The molecule has 1 aromatic heterocycles. The summed E-state index contributed by atoms with van der Waals surface area (Å²) in [6.45, 7) is 7.96. The molecule has 3 unspecified atom stereocenters. The van der Waals surface area contributed by atoms with Gasteiger partial charge in [-0.25, -0.2) is 0 Å². The first-order valence-corrected chi connectivity index (χ1v) is 7.29. The molecule has 0 aliphatic heterocycles. The average Bonchev–Trinajstić information content (AvgIpc) is 2.68. The van der Waals surface area contributed by atoms with Gasteiger partial charge in [-0.05, 0) is 36.9 Å². The van der Waals surface area contributed by atoms with E-state index in [2.05, 4.69) is 32.2 Å². The Morgan fingerprint density at radius 1 is 1.50 bits per heavy atom. The highest BCUT2D eigenvalue weighted by Crippen LogP contribution is 2.56. The van der Waals surface area contributed by atoms with E-state index >= 15 is 0 Å². The van der Waals surface area contributed by atoms with Gasteiger partial charge >= 0.3 is 0 Å². The van der Waals surface area contributed by atoms with Gasteiger partial charge in [-0.3, -0.25) is 0 Å². The highest BCUT2D eigenvalue weighted by Gasteiger charge is 2.50. The summed E-state index contributed by atoms with van der Waals surface area (Å²) < 4.78 is 0.917. The van der Waals surface area contributed by atoms with E-state index in [0.29, 0.717) is 17.4 Å². The Labute approximate surface area is 107 Å². The van der Waals surface area contributed by atoms with Crippen molar-refractivity contribution in [3.63, 3.8) is 0 Å². The molecule has 0 amide bonds. The third kappa shape index (κ3) is 1.92. The third-order valence-corrected chi connectivity index (χ3v) is 5.56. The van der Waals surface area contributed by atoms with Crippen LogP contribution in [-0.2, 0) is 0 Å². The highest BCUT2D eigenvalue weighted by atomic mass is 35.5. The summed E-state index contributed by atoms with van der Waals surface area (Å²) in [5.41, 5.74) is 0.407. The second kappa shape index (κ2) is 4.67. The fourth-order valence-electron chi connectivity index (χ4n) is 2.87. The zero-order valence-corrected chi connectivity index (χ0v) is 11.8. The zero-order chi connectivity index (χ0) is 11.8. The van der Waals surface area contributed by atoms with Crippen LogP contribution >= 0.6 is 22.9 Å². The SMILES string of the molecule is CCNC1CC(c2ccc(Cl)s2)C1(C)CC. The molecule has 3 heteroatoms. The van der Waals surface area contributed by atoms with Gasteiger partial charge in [0.15, 0.2) is 0 Å². The van der Waals surface area contributed by atoms with Crippen LogP contribution in [0.15, 0.2) is 12.1 Å². The molecule has 16 heavy (non-hydrogen) atoms. The molecule has 0 aromatic carbocycles. The molecule has 1 aromatic rings. The minimum absolute atomic E-state index is 0.407. The van der Waals surface area contributed by atoms with Crippen molar-refractivity contribution in [2.45, 2.75) is 45.6 Å². The van der Waals surface area contributed by atoms with Gasteiger partial charge < -0.3 is 5.32 Å². The third-order valence-electron chi connectivity index (χ3n) is 4.21. The van der Waals surface area contributed by atoms with Crippen molar-refractivity contribution in [2.24, 2.45) is 5.41 Å². The number of thiophene rings is 1. The standard InChI is InChI=1S/C13H20ClNS/c1-4-13(3)9(8-11(13)15-5-2)10-6-7-12(14)16-10/h6-7,9,11,15H,4-5,8H2,1-3H3. The van der Waals surface area contributed by atoms with Crippen LogP contribution < -0.4 is 5.32 Å². The molecule has 1 aliphatic rings. The molecule has 0 radical (unpaired) electrons. The Morgan fingerprint density at radius 3 is 2.75 bits per heavy atom. The molecule has 1 saturated carbocycles. The first-order chi connectivity index (χ1) is 7.61. The van der Waals surface area contributed by atoms with E-state index < -0.39 is 0 Å². The first kappa shape index (κ1) is 12.4. The molecule has 0 bridgehead atoms. The van der Waals surface area contributed by atoms with E-state index in [-0.39, 0.29) is 0 Å². The van der Waals surface area contributed by atoms with Gasteiger partial charge in [0.1, 0.15) is 0 Å². The van der Waals surface area contributed by atoms with Crippen LogP contribution in [0.2, 0.25) is 4.34 Å². The molecular formula is C13H20ClNS. The van der Waals surface area contributed by atoms with Crippen LogP contribution in [0, 0.1) is 5.41 Å². The fourth-order valence-corrected chi connectivity index (χ4v) is 4.20. The highest BCUT2D eigenvalue weighted by molar-refractivity contribution is 7.16. The number of rotatable bonds is 4. The lowest BCUT2D eigenvalue weighted by atomic mass is 9.55. The van der Waals surface area contributed by atoms with Crippen LogP contribution in [0.3, 0.4) is 0 Å². The van der Waals surface area contributed by atoms with Crippen molar-refractivity contribution in [1.82, 2.24) is 5.32 Å². The van der Waals surface area contributed by atoms with Gasteiger partial charge in [-0.15, -0.1) is 11.3 Å². The summed E-state index contributed by atoms with van der Waals surface area (Å²) in [6.07, 6.45) is 2.49. The number of hydrogen-bond acceptors (Lipinski definition) is 2. The minimum Gasteiger partial charge on any atom is -0.314 e. The van der Waals surface area contributed by atoms with Crippen molar-refractivity contribution in [3.8, 4) is 0 Å². The van der Waals surface area contributed by atoms with Gasteiger partial charge in [-0.1, -0.05) is 32.4 Å². The smallest absolute Gasteiger partial charge is 0.0931 e. The summed E-state index contributed by atoms with van der Waals surface area (Å²) in [7, 11) is 0. The summed E-state index contributed by atoms with van der Waals surface area (Å²) in [5.74, 6) is 0.694. The van der Waals surface area contributed by atoms with Crippen molar-refractivity contribution >= 4 is 22.9 Å². The van der Waals surface area contributed by atoms with Gasteiger partial charge in [0.05, 0.1) is 4.34 Å². The molecule has 1 N–H and O–H groups in total. The number of hydrogen-bond donors (Lipinski definition) is 1. The summed E-state index contributed by atoms with van der Waals surface area (Å²) in [6, 6.07) is 4.90. The van der Waals surface area contributed by atoms with E-state index in [4.69, 9.17) is 11.6 Å². The Morgan fingerprint density at radius 2 is 2.25 bits per heavy atom. The van der Waals surface area contributed by atoms with Crippen LogP contribution in [0.4, 0.5) is 0 Å². The van der Waals surface area contributed by atoms with Crippen LogP contribution in [0.1, 0.15) is 44.4 Å². The second-order valence-electron chi connectivity index (χ2n) is 4.90. The van der Waals surface area contributed by atoms with E-state index in [0.717, 1.165) is 10.9 Å². The monoisotopic (exact) mass is 257 g/mol. The predicted octanol–water partition coefficient (Wildman–Crippen LogP) is 4.28. The maximum Gasteiger partial charge on any atom is 0.0931 e. The van der Waals surface area contributed by atoms with Crippen LogP contribution in [0.5, 0.6) is 0 Å². The first-order valence-electron chi connectivity index (χ1n) is 6.10. The van der Waals surface area contributed by atoms with Crippen molar-refractivity contribution in [3.05, 3.63) is 21.3 Å². The Kier molecular flexibility index (Phi) is 3.62. The van der Waals surface area contributed by atoms with Gasteiger partial charge in [0.2, 0.25) is 0 Å². The molecule has 2 rings (SSSR count). The minimum atomic E-state index is 0.407. The molecule has 0 saturated heterocycles. The Hall–Kier alpha value is -0.0500. The maximum atomic E-state index is 6.02. The fraction of sp³-hybridized carbons (Fsp3) is 0.692. The zero-order valence-electron chi connectivity index (χ0n) is 10.2. The van der Waals surface area contributed by atoms with E-state index in [1.807, 2.05) is 6.07 Å². The van der Waals surface area contributed by atoms with E-state index in [1.54, 1.807) is 11.3 Å². The molecule has 1 aliphatic carbocycles. The summed E-state index contributed by atoms with van der Waals surface area (Å²) in [5, 5.41) is 3.60. The lowest BCUT2D eigenvalue weighted by molar-refractivity contribution is 0.0475. The molecule has 0 spiro atoms. The average molecular weight is 258 g/mol. The van der Waals surface area contributed by atoms with Crippen LogP contribution in [-0.4, -0.2) is 12.6 Å². The van der Waals surface area contributed by atoms with Gasteiger partial charge in [0.25, 0.3) is 0 Å². The van der Waals surface area contributed by atoms with Crippen molar-refractivity contribution in [1.29, 1.82) is 0 Å². The Balaban J connectivity index is 2.14. The lowest BCUT2D eigenvalue weighted by Crippen LogP contribution is -2.56. The normalized spacial score (nSPS) is 33.8. The summed E-state index contributed by atoms with van der Waals surface area (Å²) in [4.78, 5) is 1.46.